The average molecular weight is 362 g/mol. The molecular formula is C21H22N4O2. The van der Waals surface area contributed by atoms with Gasteiger partial charge in [0, 0.05) is 63.0 Å². The van der Waals surface area contributed by atoms with E-state index < -0.39 is 0 Å². The Hall–Kier alpha value is -2.83. The standard InChI is InChI=1S/C21H22N4O2/c26-25(27)19-7-5-17(6-8-19)15-23-11-13-24(14-12-23)16-21-20-4-2-1-3-18(20)9-10-22-21/h1-10H,11-16H2. The normalized spacial score (nSPS) is 15.9. The van der Waals surface area contributed by atoms with Crippen molar-refractivity contribution >= 4 is 16.5 Å². The van der Waals surface area contributed by atoms with E-state index in [0.29, 0.717) is 0 Å². The Morgan fingerprint density at radius 1 is 0.889 bits per heavy atom. The van der Waals surface area contributed by atoms with Gasteiger partial charge < -0.3 is 0 Å². The Bertz CT molecular complexity index is 929. The number of benzene rings is 2. The van der Waals surface area contributed by atoms with Crippen molar-refractivity contribution in [3.63, 3.8) is 0 Å². The molecule has 0 atom stereocenters. The number of nitrogens with zero attached hydrogens (tertiary/aromatic N) is 4. The van der Waals surface area contributed by atoms with Crippen LogP contribution < -0.4 is 0 Å². The minimum absolute atomic E-state index is 0.145. The van der Waals surface area contributed by atoms with Gasteiger partial charge in [0.15, 0.2) is 0 Å². The van der Waals surface area contributed by atoms with Gasteiger partial charge in [-0.15, -0.1) is 0 Å². The second kappa shape index (κ2) is 7.82. The molecule has 6 heteroatoms. The lowest BCUT2D eigenvalue weighted by atomic mass is 10.1. The Labute approximate surface area is 158 Å². The molecule has 138 valence electrons. The fraction of sp³-hybridized carbons (Fsp3) is 0.286. The van der Waals surface area contributed by atoms with Crippen LogP contribution in [-0.2, 0) is 13.1 Å². The highest BCUT2D eigenvalue weighted by Gasteiger charge is 2.18. The van der Waals surface area contributed by atoms with Crippen molar-refractivity contribution in [2.75, 3.05) is 26.2 Å². The number of aromatic nitrogens is 1. The van der Waals surface area contributed by atoms with Gasteiger partial charge in [-0.25, -0.2) is 0 Å². The zero-order valence-corrected chi connectivity index (χ0v) is 15.1. The summed E-state index contributed by atoms with van der Waals surface area (Å²) in [4.78, 5) is 19.8. The third-order valence-electron chi connectivity index (χ3n) is 5.15. The van der Waals surface area contributed by atoms with Gasteiger partial charge in [0.1, 0.15) is 0 Å². The van der Waals surface area contributed by atoms with Crippen molar-refractivity contribution in [1.29, 1.82) is 0 Å². The minimum atomic E-state index is -0.357. The molecular weight excluding hydrogens is 340 g/mol. The van der Waals surface area contributed by atoms with Crippen LogP contribution in [0.3, 0.4) is 0 Å². The first kappa shape index (κ1) is 17.6. The molecule has 0 radical (unpaired) electrons. The third kappa shape index (κ3) is 4.13. The van der Waals surface area contributed by atoms with E-state index in [9.17, 15) is 10.1 Å². The Kier molecular flexibility index (Phi) is 5.09. The third-order valence-corrected chi connectivity index (χ3v) is 5.15. The van der Waals surface area contributed by atoms with Crippen molar-refractivity contribution in [3.8, 4) is 0 Å². The summed E-state index contributed by atoms with van der Waals surface area (Å²) < 4.78 is 0. The summed E-state index contributed by atoms with van der Waals surface area (Å²) in [6, 6.07) is 17.3. The maximum Gasteiger partial charge on any atom is 0.269 e. The van der Waals surface area contributed by atoms with E-state index >= 15 is 0 Å². The van der Waals surface area contributed by atoms with Crippen molar-refractivity contribution in [3.05, 3.63) is 82.2 Å². The number of rotatable bonds is 5. The Morgan fingerprint density at radius 3 is 2.26 bits per heavy atom. The van der Waals surface area contributed by atoms with Crippen LogP contribution in [0.25, 0.3) is 10.8 Å². The first-order chi connectivity index (χ1) is 13.2. The van der Waals surface area contributed by atoms with Gasteiger partial charge in [0.25, 0.3) is 5.69 Å². The molecule has 0 spiro atoms. The van der Waals surface area contributed by atoms with Crippen LogP contribution in [0.1, 0.15) is 11.3 Å². The fourth-order valence-corrected chi connectivity index (χ4v) is 3.61. The van der Waals surface area contributed by atoms with Crippen molar-refractivity contribution in [1.82, 2.24) is 14.8 Å². The van der Waals surface area contributed by atoms with Crippen molar-refractivity contribution < 1.29 is 4.92 Å². The number of pyridine rings is 1. The van der Waals surface area contributed by atoms with E-state index in [1.165, 1.54) is 10.8 Å². The molecule has 27 heavy (non-hydrogen) atoms. The number of hydrogen-bond donors (Lipinski definition) is 0. The predicted octanol–water partition coefficient (Wildman–Crippen LogP) is 3.46. The van der Waals surface area contributed by atoms with E-state index in [0.717, 1.165) is 50.5 Å². The van der Waals surface area contributed by atoms with Gasteiger partial charge in [-0.1, -0.05) is 36.4 Å². The molecule has 0 N–H and O–H groups in total. The number of hydrogen-bond acceptors (Lipinski definition) is 5. The highest BCUT2D eigenvalue weighted by Crippen LogP contribution is 2.19. The summed E-state index contributed by atoms with van der Waals surface area (Å²) in [6.07, 6.45) is 1.89. The Balaban J connectivity index is 1.34. The van der Waals surface area contributed by atoms with Gasteiger partial charge in [-0.3, -0.25) is 24.9 Å². The van der Waals surface area contributed by atoms with Crippen LogP contribution in [0.4, 0.5) is 5.69 Å². The van der Waals surface area contributed by atoms with Crippen molar-refractivity contribution in [2.45, 2.75) is 13.1 Å². The first-order valence-electron chi connectivity index (χ1n) is 9.20. The molecule has 4 rings (SSSR count). The molecule has 1 fully saturated rings. The van der Waals surface area contributed by atoms with Gasteiger partial charge in [0.05, 0.1) is 10.6 Å². The summed E-state index contributed by atoms with van der Waals surface area (Å²) in [6.45, 7) is 5.67. The maximum atomic E-state index is 10.8. The van der Waals surface area contributed by atoms with Crippen LogP contribution in [0.5, 0.6) is 0 Å². The molecule has 6 nitrogen and oxygen atoms in total. The number of fused-ring (bicyclic) bond motifs is 1. The van der Waals surface area contributed by atoms with Crippen LogP contribution >= 0.6 is 0 Å². The number of piperazine rings is 1. The minimum Gasteiger partial charge on any atom is -0.297 e. The monoisotopic (exact) mass is 362 g/mol. The lowest BCUT2D eigenvalue weighted by Gasteiger charge is -2.34. The SMILES string of the molecule is O=[N+]([O-])c1ccc(CN2CCN(Cc3nccc4ccccc34)CC2)cc1. The van der Waals surface area contributed by atoms with Crippen LogP contribution in [0.2, 0.25) is 0 Å². The lowest BCUT2D eigenvalue weighted by molar-refractivity contribution is -0.384. The van der Waals surface area contributed by atoms with E-state index in [1.807, 2.05) is 18.3 Å². The largest absolute Gasteiger partial charge is 0.297 e. The molecule has 0 bridgehead atoms. The second-order valence-electron chi connectivity index (χ2n) is 6.95. The van der Waals surface area contributed by atoms with E-state index in [2.05, 4.69) is 45.1 Å². The van der Waals surface area contributed by atoms with Crippen molar-refractivity contribution in [2.24, 2.45) is 0 Å². The summed E-state index contributed by atoms with van der Waals surface area (Å²) in [5, 5.41) is 13.2. The summed E-state index contributed by atoms with van der Waals surface area (Å²) in [7, 11) is 0. The molecule has 0 aliphatic carbocycles. The summed E-state index contributed by atoms with van der Waals surface area (Å²) in [5.74, 6) is 0. The number of nitro benzene ring substituents is 1. The van der Waals surface area contributed by atoms with Crippen LogP contribution in [0.15, 0.2) is 60.8 Å². The lowest BCUT2D eigenvalue weighted by Crippen LogP contribution is -2.45. The fourth-order valence-electron chi connectivity index (χ4n) is 3.61. The maximum absolute atomic E-state index is 10.8. The summed E-state index contributed by atoms with van der Waals surface area (Å²) in [5.41, 5.74) is 2.40. The quantitative estimate of drug-likeness (QED) is 0.514. The van der Waals surface area contributed by atoms with Gasteiger partial charge >= 0.3 is 0 Å². The van der Waals surface area contributed by atoms with Gasteiger partial charge in [-0.05, 0) is 17.0 Å². The molecule has 2 aromatic carbocycles. The predicted molar refractivity (Wildman–Crippen MR) is 105 cm³/mol. The molecule has 2 heterocycles. The van der Waals surface area contributed by atoms with Crippen LogP contribution in [0, 0.1) is 10.1 Å². The molecule has 1 aromatic heterocycles. The molecule has 1 aliphatic heterocycles. The molecule has 1 aliphatic rings. The number of non-ortho nitro benzene ring substituents is 1. The second-order valence-corrected chi connectivity index (χ2v) is 6.95. The first-order valence-corrected chi connectivity index (χ1v) is 9.20. The van der Waals surface area contributed by atoms with E-state index in [-0.39, 0.29) is 10.6 Å². The molecule has 0 saturated carbocycles. The number of nitro groups is 1. The molecule has 0 unspecified atom stereocenters. The molecule has 0 amide bonds. The molecule has 1 saturated heterocycles. The smallest absolute Gasteiger partial charge is 0.269 e. The zero-order chi connectivity index (χ0) is 18.6. The van der Waals surface area contributed by atoms with Gasteiger partial charge in [-0.2, -0.15) is 0 Å². The highest BCUT2D eigenvalue weighted by molar-refractivity contribution is 5.84. The highest BCUT2D eigenvalue weighted by atomic mass is 16.6. The van der Waals surface area contributed by atoms with Gasteiger partial charge in [0.2, 0.25) is 0 Å². The zero-order valence-electron chi connectivity index (χ0n) is 15.1. The summed E-state index contributed by atoms with van der Waals surface area (Å²) >= 11 is 0. The Morgan fingerprint density at radius 2 is 1.56 bits per heavy atom. The van der Waals surface area contributed by atoms with E-state index in [1.54, 1.807) is 12.1 Å². The average Bonchev–Trinajstić information content (AvgIpc) is 2.70. The molecule has 3 aromatic rings. The van der Waals surface area contributed by atoms with E-state index in [4.69, 9.17) is 0 Å². The van der Waals surface area contributed by atoms with Crippen LogP contribution in [-0.4, -0.2) is 45.9 Å². The topological polar surface area (TPSA) is 62.5 Å².